The van der Waals surface area contributed by atoms with Crippen LogP contribution in [0.4, 0.5) is 11.4 Å². The number of hydrogen-bond acceptors (Lipinski definition) is 1. The summed E-state index contributed by atoms with van der Waals surface area (Å²) in [5, 5.41) is 3.63. The molecule has 0 aliphatic rings. The maximum absolute atomic E-state index is 3.63. The fraction of sp³-hybridized carbons (Fsp3) is 0. The van der Waals surface area contributed by atoms with Gasteiger partial charge in [0.25, 0.3) is 0 Å². The second kappa shape index (κ2) is 8.73. The van der Waals surface area contributed by atoms with E-state index in [0.29, 0.717) is 0 Å². The van der Waals surface area contributed by atoms with Crippen LogP contribution in [0.5, 0.6) is 0 Å². The van der Waals surface area contributed by atoms with Crippen molar-refractivity contribution in [1.29, 1.82) is 0 Å². The Bertz CT molecular complexity index is 1270. The first-order valence-corrected chi connectivity index (χ1v) is 10.5. The summed E-state index contributed by atoms with van der Waals surface area (Å²) in [6, 6.07) is 46.7. The van der Waals surface area contributed by atoms with Crippen LogP contribution in [0.3, 0.4) is 0 Å². The Morgan fingerprint density at radius 2 is 0.806 bits per heavy atom. The van der Waals surface area contributed by atoms with Crippen LogP contribution in [0.25, 0.3) is 33.4 Å². The van der Waals surface area contributed by atoms with Gasteiger partial charge in [-0.2, -0.15) is 0 Å². The second-order valence-electron chi connectivity index (χ2n) is 7.53. The Morgan fingerprint density at radius 1 is 0.323 bits per heavy atom. The first kappa shape index (κ1) is 18.9. The molecule has 1 nitrogen and oxygen atoms in total. The fourth-order valence-electron chi connectivity index (χ4n) is 3.95. The van der Waals surface area contributed by atoms with E-state index >= 15 is 0 Å². The summed E-state index contributed by atoms with van der Waals surface area (Å²) in [6.45, 7) is 0. The number of para-hydroxylation sites is 1. The zero-order chi connectivity index (χ0) is 20.9. The quantitative estimate of drug-likeness (QED) is 0.314. The van der Waals surface area contributed by atoms with Crippen LogP contribution in [0.15, 0.2) is 133 Å². The highest BCUT2D eigenvalue weighted by Crippen LogP contribution is 2.37. The molecule has 31 heavy (non-hydrogen) atoms. The number of hydrogen-bond donors (Lipinski definition) is 1. The van der Waals surface area contributed by atoms with E-state index in [0.717, 1.165) is 11.4 Å². The van der Waals surface area contributed by atoms with Gasteiger partial charge in [-0.3, -0.25) is 0 Å². The molecule has 1 heteroatoms. The Balaban J connectivity index is 1.49. The van der Waals surface area contributed by atoms with Gasteiger partial charge in [-0.25, -0.2) is 0 Å². The van der Waals surface area contributed by atoms with Crippen molar-refractivity contribution in [2.75, 3.05) is 5.32 Å². The molecule has 0 fully saturated rings. The topological polar surface area (TPSA) is 12.0 Å². The van der Waals surface area contributed by atoms with Gasteiger partial charge in [0.1, 0.15) is 0 Å². The third kappa shape index (κ3) is 4.12. The smallest absolute Gasteiger partial charge is 0.0464 e. The lowest BCUT2D eigenvalue weighted by Crippen LogP contribution is -1.94. The van der Waals surface area contributed by atoms with Crippen molar-refractivity contribution in [2.45, 2.75) is 0 Å². The van der Waals surface area contributed by atoms with Crippen LogP contribution in [0.2, 0.25) is 0 Å². The summed E-state index contributed by atoms with van der Waals surface area (Å²) in [7, 11) is 0. The second-order valence-corrected chi connectivity index (χ2v) is 7.53. The number of benzene rings is 5. The molecule has 0 unspecified atom stereocenters. The maximum atomic E-state index is 3.63. The Labute approximate surface area is 183 Å². The van der Waals surface area contributed by atoms with E-state index in [2.05, 4.69) is 133 Å². The minimum absolute atomic E-state index is 1.07. The van der Waals surface area contributed by atoms with Crippen molar-refractivity contribution < 1.29 is 0 Å². The SMILES string of the molecule is c1ccc(-c2ccc(Nc3ccccc3-c3ccccc3-c3ccccc3)cc2)cc1. The minimum Gasteiger partial charge on any atom is -0.355 e. The molecule has 0 aliphatic heterocycles. The highest BCUT2D eigenvalue weighted by atomic mass is 14.9. The summed E-state index contributed by atoms with van der Waals surface area (Å²) in [5.41, 5.74) is 9.48. The van der Waals surface area contributed by atoms with Crippen LogP contribution in [0.1, 0.15) is 0 Å². The first-order valence-electron chi connectivity index (χ1n) is 10.5. The van der Waals surface area contributed by atoms with Gasteiger partial charge in [0.05, 0.1) is 0 Å². The fourth-order valence-corrected chi connectivity index (χ4v) is 3.95. The van der Waals surface area contributed by atoms with E-state index < -0.39 is 0 Å². The zero-order valence-corrected chi connectivity index (χ0v) is 17.2. The van der Waals surface area contributed by atoms with Gasteiger partial charge in [-0.15, -0.1) is 0 Å². The minimum atomic E-state index is 1.07. The van der Waals surface area contributed by atoms with E-state index in [1.54, 1.807) is 0 Å². The van der Waals surface area contributed by atoms with E-state index in [9.17, 15) is 0 Å². The van der Waals surface area contributed by atoms with Crippen molar-refractivity contribution in [3.05, 3.63) is 133 Å². The lowest BCUT2D eigenvalue weighted by atomic mass is 9.93. The van der Waals surface area contributed by atoms with E-state index in [1.165, 1.54) is 33.4 Å². The number of rotatable bonds is 5. The summed E-state index contributed by atoms with van der Waals surface area (Å²) in [4.78, 5) is 0. The van der Waals surface area contributed by atoms with Crippen molar-refractivity contribution >= 4 is 11.4 Å². The average molecular weight is 398 g/mol. The highest BCUT2D eigenvalue weighted by Gasteiger charge is 2.11. The van der Waals surface area contributed by atoms with Crippen LogP contribution < -0.4 is 5.32 Å². The molecule has 1 N–H and O–H groups in total. The third-order valence-electron chi connectivity index (χ3n) is 5.50. The Morgan fingerprint density at radius 3 is 1.48 bits per heavy atom. The molecular formula is C30H23N. The molecule has 0 spiro atoms. The van der Waals surface area contributed by atoms with Crippen molar-refractivity contribution in [3.8, 4) is 33.4 Å². The van der Waals surface area contributed by atoms with Gasteiger partial charge in [0, 0.05) is 16.9 Å². The van der Waals surface area contributed by atoms with Gasteiger partial charge in [0.2, 0.25) is 0 Å². The van der Waals surface area contributed by atoms with Crippen molar-refractivity contribution in [2.24, 2.45) is 0 Å². The average Bonchev–Trinajstić information content (AvgIpc) is 2.86. The third-order valence-corrected chi connectivity index (χ3v) is 5.50. The normalized spacial score (nSPS) is 10.6. The molecule has 0 bridgehead atoms. The standard InChI is InChI=1S/C30H23N/c1-3-11-23(12-4-1)24-19-21-26(22-20-24)31-30-18-10-9-17-29(30)28-16-8-7-15-27(28)25-13-5-2-6-14-25/h1-22,31H. The first-order chi connectivity index (χ1) is 15.4. The van der Waals surface area contributed by atoms with E-state index in [4.69, 9.17) is 0 Å². The zero-order valence-electron chi connectivity index (χ0n) is 17.2. The molecule has 5 aromatic rings. The van der Waals surface area contributed by atoms with Gasteiger partial charge in [-0.1, -0.05) is 115 Å². The molecule has 0 atom stereocenters. The number of nitrogens with one attached hydrogen (secondary N) is 1. The highest BCUT2D eigenvalue weighted by molar-refractivity contribution is 5.90. The molecule has 148 valence electrons. The lowest BCUT2D eigenvalue weighted by Gasteiger charge is -2.16. The molecule has 0 aromatic heterocycles. The van der Waals surface area contributed by atoms with E-state index in [-0.39, 0.29) is 0 Å². The Kier molecular flexibility index (Phi) is 5.32. The maximum Gasteiger partial charge on any atom is 0.0464 e. The van der Waals surface area contributed by atoms with Gasteiger partial charge in [0.15, 0.2) is 0 Å². The summed E-state index contributed by atoms with van der Waals surface area (Å²) in [6.07, 6.45) is 0. The number of anilines is 2. The molecule has 5 rings (SSSR count). The van der Waals surface area contributed by atoms with Crippen LogP contribution >= 0.6 is 0 Å². The van der Waals surface area contributed by atoms with Crippen LogP contribution in [0, 0.1) is 0 Å². The molecule has 0 amide bonds. The van der Waals surface area contributed by atoms with Crippen LogP contribution in [-0.2, 0) is 0 Å². The summed E-state index contributed by atoms with van der Waals surface area (Å²) >= 11 is 0. The monoisotopic (exact) mass is 397 g/mol. The predicted octanol–water partition coefficient (Wildman–Crippen LogP) is 8.43. The summed E-state index contributed by atoms with van der Waals surface area (Å²) < 4.78 is 0. The molecule has 0 heterocycles. The molecule has 0 aliphatic carbocycles. The summed E-state index contributed by atoms with van der Waals surface area (Å²) in [5.74, 6) is 0. The van der Waals surface area contributed by atoms with Crippen molar-refractivity contribution in [1.82, 2.24) is 0 Å². The molecule has 0 radical (unpaired) electrons. The predicted molar refractivity (Wildman–Crippen MR) is 132 cm³/mol. The molecule has 5 aromatic carbocycles. The van der Waals surface area contributed by atoms with Gasteiger partial charge < -0.3 is 5.32 Å². The van der Waals surface area contributed by atoms with Gasteiger partial charge in [-0.05, 0) is 46.0 Å². The Hall–Kier alpha value is -4.10. The van der Waals surface area contributed by atoms with Crippen LogP contribution in [-0.4, -0.2) is 0 Å². The lowest BCUT2D eigenvalue weighted by molar-refractivity contribution is 1.52. The largest absolute Gasteiger partial charge is 0.355 e. The molecule has 0 saturated heterocycles. The molecular weight excluding hydrogens is 374 g/mol. The van der Waals surface area contributed by atoms with Gasteiger partial charge >= 0.3 is 0 Å². The van der Waals surface area contributed by atoms with E-state index in [1.807, 2.05) is 6.07 Å². The van der Waals surface area contributed by atoms with Crippen molar-refractivity contribution in [3.63, 3.8) is 0 Å². The molecule has 0 saturated carbocycles.